The van der Waals surface area contributed by atoms with Gasteiger partial charge in [-0.15, -0.1) is 11.3 Å². The van der Waals surface area contributed by atoms with Gasteiger partial charge in [0.25, 0.3) is 5.56 Å². The zero-order valence-electron chi connectivity index (χ0n) is 18.9. The maximum absolute atomic E-state index is 13.1. The van der Waals surface area contributed by atoms with Crippen molar-refractivity contribution in [1.82, 2.24) is 14.1 Å². The van der Waals surface area contributed by atoms with Crippen molar-refractivity contribution in [3.63, 3.8) is 0 Å². The van der Waals surface area contributed by atoms with Crippen LogP contribution in [0.25, 0.3) is 10.2 Å². The fraction of sp³-hybridized carbons (Fsp3) is 0.455. The highest BCUT2D eigenvalue weighted by Crippen LogP contribution is 2.30. The molecule has 176 valence electrons. The molecule has 1 atom stereocenters. The third kappa shape index (κ3) is 4.15. The van der Waals surface area contributed by atoms with Crippen LogP contribution < -0.4 is 5.56 Å². The van der Waals surface area contributed by atoms with Gasteiger partial charge in [-0.05, 0) is 45.7 Å². The van der Waals surface area contributed by atoms with E-state index in [0.717, 1.165) is 17.0 Å². The van der Waals surface area contributed by atoms with Crippen molar-refractivity contribution >= 4 is 43.1 Å². The summed E-state index contributed by atoms with van der Waals surface area (Å²) in [7, 11) is -3.07. The lowest BCUT2D eigenvalue weighted by atomic mass is 10.1. The van der Waals surface area contributed by atoms with Crippen molar-refractivity contribution in [3.8, 4) is 0 Å². The molecular weight excluding hydrogens is 466 g/mol. The van der Waals surface area contributed by atoms with E-state index in [-0.39, 0.29) is 36.5 Å². The molecule has 11 heteroatoms. The number of sulfone groups is 1. The molecule has 3 aromatic rings. The Morgan fingerprint density at radius 1 is 1.27 bits per heavy atom. The van der Waals surface area contributed by atoms with Crippen LogP contribution in [0.2, 0.25) is 0 Å². The number of ketones is 1. The van der Waals surface area contributed by atoms with Crippen molar-refractivity contribution in [2.75, 3.05) is 18.1 Å². The number of ether oxygens (including phenoxy) is 1. The Morgan fingerprint density at radius 3 is 2.64 bits per heavy atom. The van der Waals surface area contributed by atoms with Gasteiger partial charge < -0.3 is 9.30 Å². The maximum atomic E-state index is 13.1. The fourth-order valence-corrected chi connectivity index (χ4v) is 7.24. The Bertz CT molecular complexity index is 1440. The van der Waals surface area contributed by atoms with Crippen molar-refractivity contribution in [3.05, 3.63) is 50.1 Å². The lowest BCUT2D eigenvalue weighted by Crippen LogP contribution is -2.25. The molecule has 0 N–H and O–H groups in total. The largest absolute Gasteiger partial charge is 0.462 e. The van der Waals surface area contributed by atoms with Gasteiger partial charge >= 0.3 is 5.97 Å². The summed E-state index contributed by atoms with van der Waals surface area (Å²) in [5.74, 6) is -0.553. The minimum atomic E-state index is -3.07. The first-order valence-electron chi connectivity index (χ1n) is 10.6. The molecule has 1 aliphatic rings. The number of hydrogen-bond acceptors (Lipinski definition) is 8. The molecule has 33 heavy (non-hydrogen) atoms. The lowest BCUT2D eigenvalue weighted by Gasteiger charge is -2.16. The Morgan fingerprint density at radius 2 is 2.00 bits per heavy atom. The molecule has 0 amide bonds. The molecule has 9 nitrogen and oxygen atoms in total. The van der Waals surface area contributed by atoms with Crippen molar-refractivity contribution in [2.24, 2.45) is 0 Å². The quantitative estimate of drug-likeness (QED) is 0.384. The first kappa shape index (κ1) is 23.4. The van der Waals surface area contributed by atoms with Gasteiger partial charge in [0.1, 0.15) is 9.71 Å². The average Bonchev–Trinajstić information content (AvgIpc) is 3.37. The molecule has 4 rings (SSSR count). The van der Waals surface area contributed by atoms with Crippen LogP contribution in [0.4, 0.5) is 0 Å². The number of esters is 1. The molecule has 0 spiro atoms. The number of fused-ring (bicyclic) bond motifs is 1. The molecular formula is C22H25N3O6S2. The number of hydrogen-bond donors (Lipinski definition) is 0. The second-order valence-corrected chi connectivity index (χ2v) is 11.5. The van der Waals surface area contributed by atoms with E-state index < -0.39 is 21.4 Å². The van der Waals surface area contributed by atoms with Gasteiger partial charge in [0.15, 0.2) is 15.6 Å². The van der Waals surface area contributed by atoms with E-state index in [1.54, 1.807) is 26.8 Å². The lowest BCUT2D eigenvalue weighted by molar-refractivity contribution is 0.0531. The third-order valence-electron chi connectivity index (χ3n) is 6.05. The van der Waals surface area contributed by atoms with E-state index >= 15 is 0 Å². The van der Waals surface area contributed by atoms with Gasteiger partial charge in [-0.25, -0.2) is 18.2 Å². The van der Waals surface area contributed by atoms with Crippen LogP contribution in [0.15, 0.2) is 17.2 Å². The van der Waals surface area contributed by atoms with E-state index in [1.807, 2.05) is 11.5 Å². The fourth-order valence-electron chi connectivity index (χ4n) is 4.50. The smallest absolute Gasteiger partial charge is 0.348 e. The second kappa shape index (κ2) is 8.53. The van der Waals surface area contributed by atoms with Gasteiger partial charge in [0.05, 0.1) is 36.4 Å². The van der Waals surface area contributed by atoms with E-state index in [1.165, 1.54) is 10.9 Å². The van der Waals surface area contributed by atoms with Crippen LogP contribution in [-0.4, -0.2) is 52.4 Å². The normalized spacial score (nSPS) is 17.5. The van der Waals surface area contributed by atoms with Crippen LogP contribution in [-0.2, 0) is 21.1 Å². The van der Waals surface area contributed by atoms with Crippen LogP contribution in [0, 0.1) is 20.8 Å². The minimum absolute atomic E-state index is 0.0667. The van der Waals surface area contributed by atoms with E-state index in [4.69, 9.17) is 4.74 Å². The van der Waals surface area contributed by atoms with E-state index in [2.05, 4.69) is 4.98 Å². The number of nitrogens with zero attached hydrogens (tertiary/aromatic N) is 3. The van der Waals surface area contributed by atoms with Gasteiger partial charge in [-0.1, -0.05) is 0 Å². The molecule has 0 aromatic carbocycles. The molecule has 1 saturated heterocycles. The number of rotatable bonds is 6. The Kier molecular flexibility index (Phi) is 6.04. The third-order valence-corrected chi connectivity index (χ3v) is 8.98. The molecule has 1 aliphatic heterocycles. The number of thiophene rings is 1. The first-order chi connectivity index (χ1) is 15.5. The Hall–Kier alpha value is -2.79. The predicted molar refractivity (Wildman–Crippen MR) is 125 cm³/mol. The highest BCUT2D eigenvalue weighted by atomic mass is 32.2. The second-order valence-electron chi connectivity index (χ2n) is 8.27. The maximum Gasteiger partial charge on any atom is 0.348 e. The summed E-state index contributed by atoms with van der Waals surface area (Å²) < 4.78 is 32.0. The molecule has 0 bridgehead atoms. The van der Waals surface area contributed by atoms with Crippen LogP contribution in [0.1, 0.15) is 56.4 Å². The van der Waals surface area contributed by atoms with Crippen molar-refractivity contribution < 1.29 is 22.7 Å². The van der Waals surface area contributed by atoms with Gasteiger partial charge in [-0.2, -0.15) is 0 Å². The molecule has 3 aromatic heterocycles. The monoisotopic (exact) mass is 491 g/mol. The number of aryl methyl sites for hydroxylation is 2. The highest BCUT2D eigenvalue weighted by Gasteiger charge is 2.32. The molecule has 0 aliphatic carbocycles. The van der Waals surface area contributed by atoms with Crippen LogP contribution >= 0.6 is 11.3 Å². The SMILES string of the molecule is CCOC(=O)c1sc2ncn(CC(=O)c3cc(C)n(C4CCS(=O)(=O)C4)c3C)c(=O)c2c1C. The van der Waals surface area contributed by atoms with Crippen molar-refractivity contribution in [1.29, 1.82) is 0 Å². The van der Waals surface area contributed by atoms with Gasteiger partial charge in [-0.3, -0.25) is 14.2 Å². The molecule has 4 heterocycles. The molecule has 0 radical (unpaired) electrons. The molecule has 0 saturated carbocycles. The standard InChI is InChI=1S/C22H25N3O6S2/c1-5-31-22(28)19-13(3)18-20(32-19)23-11-24(21(18)27)9-17(26)16-8-12(2)25(14(16)4)15-6-7-33(29,30)10-15/h8,11,15H,5-7,9-10H2,1-4H3. The Balaban J connectivity index is 1.66. The first-order valence-corrected chi connectivity index (χ1v) is 13.3. The highest BCUT2D eigenvalue weighted by molar-refractivity contribution is 7.91. The summed E-state index contributed by atoms with van der Waals surface area (Å²) in [5.41, 5.74) is 2.06. The van der Waals surface area contributed by atoms with Crippen molar-refractivity contribution in [2.45, 2.75) is 46.7 Å². The zero-order valence-corrected chi connectivity index (χ0v) is 20.5. The number of carbonyl (C=O) groups excluding carboxylic acids is 2. The predicted octanol–water partition coefficient (Wildman–Crippen LogP) is 2.60. The summed E-state index contributed by atoms with van der Waals surface area (Å²) in [6.07, 6.45) is 1.84. The number of aromatic nitrogens is 3. The number of Topliss-reactive ketones (excluding diaryl/α,β-unsaturated/α-hetero) is 1. The summed E-state index contributed by atoms with van der Waals surface area (Å²) in [5, 5.41) is 0.306. The summed E-state index contributed by atoms with van der Waals surface area (Å²) in [4.78, 5) is 43.4. The number of carbonyl (C=O) groups is 2. The summed E-state index contributed by atoms with van der Waals surface area (Å²) >= 11 is 1.10. The van der Waals surface area contributed by atoms with Gasteiger partial charge in [0, 0.05) is 23.0 Å². The summed E-state index contributed by atoms with van der Waals surface area (Å²) in [6.45, 7) is 7.04. The Labute approximate surface area is 194 Å². The van der Waals surface area contributed by atoms with Crippen LogP contribution in [0.3, 0.4) is 0 Å². The zero-order chi connectivity index (χ0) is 24.1. The molecule has 1 fully saturated rings. The average molecular weight is 492 g/mol. The summed E-state index contributed by atoms with van der Waals surface area (Å²) in [6, 6.07) is 1.56. The topological polar surface area (TPSA) is 117 Å². The van der Waals surface area contributed by atoms with E-state index in [9.17, 15) is 22.8 Å². The van der Waals surface area contributed by atoms with E-state index in [0.29, 0.717) is 38.3 Å². The van der Waals surface area contributed by atoms with Gasteiger partial charge in [0.2, 0.25) is 0 Å². The molecule has 1 unspecified atom stereocenters. The van der Waals surface area contributed by atoms with Crippen LogP contribution in [0.5, 0.6) is 0 Å². The minimum Gasteiger partial charge on any atom is -0.462 e.